The molecule has 2 heterocycles. The van der Waals surface area contributed by atoms with Gasteiger partial charge in [-0.25, -0.2) is 0 Å². The molecule has 0 aliphatic carbocycles. The van der Waals surface area contributed by atoms with Gasteiger partial charge >= 0.3 is 0 Å². The number of nitrogens with zero attached hydrogens (tertiary/aromatic N) is 3. The number of halogens is 1. The maximum Gasteiger partial charge on any atom is 0.273 e. The number of rotatable bonds is 5. The highest BCUT2D eigenvalue weighted by Gasteiger charge is 2.14. The quantitative estimate of drug-likeness (QED) is 0.612. The Morgan fingerprint density at radius 2 is 2.14 bits per heavy atom. The van der Waals surface area contributed by atoms with Gasteiger partial charge in [-0.1, -0.05) is 16.3 Å². The predicted octanol–water partition coefficient (Wildman–Crippen LogP) is 1.37. The Hall–Kier alpha value is -1.57. The second-order valence-corrected chi connectivity index (χ2v) is 6.71. The van der Waals surface area contributed by atoms with Crippen LogP contribution >= 0.6 is 11.6 Å². The summed E-state index contributed by atoms with van der Waals surface area (Å²) in [7, 11) is -2.35. The molecule has 2 aromatic rings. The van der Waals surface area contributed by atoms with E-state index in [4.69, 9.17) is 11.6 Å². The Morgan fingerprint density at radius 1 is 1.38 bits per heavy atom. The fraction of sp³-hybridized carbons (Fsp3) is 0.308. The van der Waals surface area contributed by atoms with Gasteiger partial charge in [-0.2, -0.15) is 8.42 Å². The Kier molecular flexibility index (Phi) is 4.87. The number of pyridine rings is 1. The van der Waals surface area contributed by atoms with Crippen molar-refractivity contribution in [3.05, 3.63) is 41.3 Å². The summed E-state index contributed by atoms with van der Waals surface area (Å²) >= 11 is 6.15. The smallest absolute Gasteiger partial charge is 0.273 e. The molecular weight excluding hydrogens is 314 g/mol. The predicted molar refractivity (Wildman–Crippen MR) is 78.2 cm³/mol. The molecule has 0 aliphatic rings. The number of hydrogen-bond donors (Lipinski definition) is 0. The first kappa shape index (κ1) is 15.8. The zero-order valence-corrected chi connectivity index (χ0v) is 13.2. The molecule has 2 aromatic heterocycles. The van der Waals surface area contributed by atoms with Crippen LogP contribution < -0.4 is 4.68 Å². The van der Waals surface area contributed by atoms with Crippen molar-refractivity contribution in [2.24, 2.45) is 0 Å². The molecule has 0 spiro atoms. The first-order valence-corrected chi connectivity index (χ1v) is 8.13. The Bertz CT molecular complexity index is 733. The van der Waals surface area contributed by atoms with Gasteiger partial charge in [0.2, 0.25) is 0 Å². The summed E-state index contributed by atoms with van der Waals surface area (Å²) in [6.45, 7) is 2.13. The lowest BCUT2D eigenvalue weighted by molar-refractivity contribution is -0.750. The molecule has 112 valence electrons. The monoisotopic (exact) mass is 328 g/mol. The zero-order valence-electron chi connectivity index (χ0n) is 11.7. The molecule has 0 aliphatic heterocycles. The molecule has 0 bridgehead atoms. The number of aromatic nitrogens is 3. The minimum absolute atomic E-state index is 0.135. The van der Waals surface area contributed by atoms with E-state index in [1.165, 1.54) is 4.68 Å². The highest BCUT2D eigenvalue weighted by molar-refractivity contribution is 7.86. The highest BCUT2D eigenvalue weighted by atomic mass is 35.5. The topological polar surface area (TPSA) is 73.0 Å². The third-order valence-electron chi connectivity index (χ3n) is 2.85. The maximum absolute atomic E-state index is 11.2. The highest BCUT2D eigenvalue weighted by Crippen LogP contribution is 2.24. The number of aryl methyl sites for hydroxylation is 2. The van der Waals surface area contributed by atoms with Crippen LogP contribution in [-0.2, 0) is 20.8 Å². The van der Waals surface area contributed by atoms with E-state index in [1.807, 2.05) is 13.0 Å². The minimum Gasteiger partial charge on any atom is -0.273 e. The van der Waals surface area contributed by atoms with Crippen LogP contribution in [0, 0.1) is 6.92 Å². The van der Waals surface area contributed by atoms with Crippen LogP contribution in [-0.4, -0.2) is 31.4 Å². The van der Waals surface area contributed by atoms with Gasteiger partial charge in [0.25, 0.3) is 10.1 Å². The van der Waals surface area contributed by atoms with Gasteiger partial charge in [0.15, 0.2) is 12.7 Å². The summed E-state index contributed by atoms with van der Waals surface area (Å²) in [6, 6.07) is 3.62. The molecule has 2 rings (SSSR count). The van der Waals surface area contributed by atoms with Gasteiger partial charge in [-0.3, -0.25) is 9.17 Å². The summed E-state index contributed by atoms with van der Waals surface area (Å²) in [5.41, 5.74) is 2.39. The van der Waals surface area contributed by atoms with Crippen LogP contribution in [0.5, 0.6) is 0 Å². The molecule has 0 radical (unpaired) electrons. The molecule has 0 aromatic carbocycles. The van der Waals surface area contributed by atoms with Crippen molar-refractivity contribution in [2.45, 2.75) is 13.5 Å². The van der Waals surface area contributed by atoms with Gasteiger partial charge < -0.3 is 0 Å². The van der Waals surface area contributed by atoms with Crippen LogP contribution in [0.1, 0.15) is 5.56 Å². The van der Waals surface area contributed by atoms with E-state index < -0.39 is 10.1 Å². The first-order chi connectivity index (χ1) is 9.91. The zero-order chi connectivity index (χ0) is 15.5. The van der Waals surface area contributed by atoms with Crippen molar-refractivity contribution < 1.29 is 17.3 Å². The molecule has 0 unspecified atom stereocenters. The van der Waals surface area contributed by atoms with E-state index in [0.717, 1.165) is 18.2 Å². The molecule has 0 atom stereocenters. The molecule has 0 amide bonds. The molecule has 0 saturated heterocycles. The molecule has 0 saturated carbocycles. The summed E-state index contributed by atoms with van der Waals surface area (Å²) in [5, 5.41) is 4.71. The van der Waals surface area contributed by atoms with Crippen molar-refractivity contribution >= 4 is 21.7 Å². The largest absolute Gasteiger partial charge is 0.273 e. The second-order valence-electron chi connectivity index (χ2n) is 4.45. The summed E-state index contributed by atoms with van der Waals surface area (Å²) in [5.74, 6) is -0.135. The fourth-order valence-electron chi connectivity index (χ4n) is 1.69. The Balaban J connectivity index is 2.15. The van der Waals surface area contributed by atoms with Crippen molar-refractivity contribution in [1.82, 2.24) is 10.1 Å². The average molecular weight is 329 g/mol. The van der Waals surface area contributed by atoms with E-state index in [-0.39, 0.29) is 12.3 Å². The van der Waals surface area contributed by atoms with E-state index in [2.05, 4.69) is 14.3 Å². The fourth-order valence-corrected chi connectivity index (χ4v) is 2.60. The van der Waals surface area contributed by atoms with Crippen LogP contribution in [0.25, 0.3) is 11.3 Å². The van der Waals surface area contributed by atoms with Gasteiger partial charge in [-0.15, -0.1) is 0 Å². The molecule has 8 heteroatoms. The lowest BCUT2D eigenvalue weighted by Crippen LogP contribution is -2.40. The summed E-state index contributed by atoms with van der Waals surface area (Å²) in [6.07, 6.45) is 5.01. The number of hydrogen-bond acceptors (Lipinski definition) is 5. The van der Waals surface area contributed by atoms with Gasteiger partial charge in [0.1, 0.15) is 11.9 Å². The van der Waals surface area contributed by atoms with Crippen molar-refractivity contribution in [1.29, 1.82) is 0 Å². The van der Waals surface area contributed by atoms with Gasteiger partial charge in [0, 0.05) is 17.8 Å². The van der Waals surface area contributed by atoms with Crippen LogP contribution in [0.4, 0.5) is 0 Å². The molecule has 0 N–H and O–H groups in total. The lowest BCUT2D eigenvalue weighted by atomic mass is 10.2. The van der Waals surface area contributed by atoms with Crippen molar-refractivity contribution in [3.8, 4) is 11.3 Å². The molecule has 21 heavy (non-hydrogen) atoms. The van der Waals surface area contributed by atoms with Crippen molar-refractivity contribution in [3.63, 3.8) is 0 Å². The normalized spacial score (nSPS) is 11.6. The van der Waals surface area contributed by atoms with Crippen LogP contribution in [0.15, 0.2) is 30.7 Å². The van der Waals surface area contributed by atoms with E-state index in [1.54, 1.807) is 24.7 Å². The molecule has 0 fully saturated rings. The second kappa shape index (κ2) is 6.46. The molecular formula is C13H15ClN3O3S+. The minimum atomic E-state index is -3.49. The van der Waals surface area contributed by atoms with Gasteiger partial charge in [0.05, 0.1) is 17.8 Å². The summed E-state index contributed by atoms with van der Waals surface area (Å²) in [4.78, 5) is 4.28. The Morgan fingerprint density at radius 3 is 2.71 bits per heavy atom. The van der Waals surface area contributed by atoms with E-state index in [9.17, 15) is 8.42 Å². The third-order valence-corrected chi connectivity index (χ3v) is 4.33. The SMILES string of the molecule is COS(=O)(=O)CC[n+]1ccc(-c2ncc(C)cc2Cl)cn1. The van der Waals surface area contributed by atoms with Crippen LogP contribution in [0.3, 0.4) is 0 Å². The van der Waals surface area contributed by atoms with Gasteiger partial charge in [-0.05, 0) is 23.7 Å². The van der Waals surface area contributed by atoms with Crippen molar-refractivity contribution in [2.75, 3.05) is 12.9 Å². The lowest BCUT2D eigenvalue weighted by Gasteiger charge is -2.03. The van der Waals surface area contributed by atoms with E-state index in [0.29, 0.717) is 10.7 Å². The van der Waals surface area contributed by atoms with Crippen LogP contribution in [0.2, 0.25) is 5.02 Å². The Labute approximate surface area is 128 Å². The molecule has 6 nitrogen and oxygen atoms in total. The third kappa shape index (κ3) is 4.20. The first-order valence-electron chi connectivity index (χ1n) is 6.18. The summed E-state index contributed by atoms with van der Waals surface area (Å²) < 4.78 is 28.4. The maximum atomic E-state index is 11.2. The average Bonchev–Trinajstić information content (AvgIpc) is 2.46. The van der Waals surface area contributed by atoms with E-state index >= 15 is 0 Å². The standard InChI is InChI=1S/C13H15ClN3O3S/c1-10-7-12(14)13(15-8-10)11-3-4-17(16-9-11)5-6-21(18,19)20-2/h3-4,7-9H,5-6H2,1-2H3/q+1.